The number of hydrogen-bond acceptors (Lipinski definition) is 2. The highest BCUT2D eigenvalue weighted by atomic mass is 16.5. The first kappa shape index (κ1) is 12.7. The maximum atomic E-state index is 8.99. The van der Waals surface area contributed by atoms with Crippen molar-refractivity contribution in [3.63, 3.8) is 0 Å². The summed E-state index contributed by atoms with van der Waals surface area (Å²) in [4.78, 5) is 0. The Balaban J connectivity index is 2.38. The zero-order chi connectivity index (χ0) is 13.0. The maximum absolute atomic E-state index is 8.99. The molecule has 0 radical (unpaired) electrons. The van der Waals surface area contributed by atoms with Crippen LogP contribution in [-0.2, 0) is 6.42 Å². The van der Waals surface area contributed by atoms with Gasteiger partial charge in [-0.3, -0.25) is 0 Å². The van der Waals surface area contributed by atoms with Crippen LogP contribution in [0.3, 0.4) is 0 Å². The second-order valence-corrected chi connectivity index (χ2v) is 4.35. The van der Waals surface area contributed by atoms with Gasteiger partial charge in [0.25, 0.3) is 0 Å². The van der Waals surface area contributed by atoms with Crippen molar-refractivity contribution in [2.24, 2.45) is 0 Å². The summed E-state index contributed by atoms with van der Waals surface area (Å²) in [5, 5.41) is 8.99. The fourth-order valence-corrected chi connectivity index (χ4v) is 2.11. The molecule has 0 spiro atoms. The van der Waals surface area contributed by atoms with E-state index in [0.717, 1.165) is 11.3 Å². The standard InChI is InChI=1S/C16H18O2/c1-12-10-15(18-2)6-7-16(12)14-5-3-4-13(11-14)8-9-17/h3-7,10-11,17H,8-9H2,1-2H3. The smallest absolute Gasteiger partial charge is 0.119 e. The van der Waals surface area contributed by atoms with Crippen molar-refractivity contribution in [1.29, 1.82) is 0 Å². The summed E-state index contributed by atoms with van der Waals surface area (Å²) in [6.45, 7) is 2.27. The van der Waals surface area contributed by atoms with Crippen molar-refractivity contribution < 1.29 is 9.84 Å². The topological polar surface area (TPSA) is 29.5 Å². The normalized spacial score (nSPS) is 10.4. The molecule has 94 valence electrons. The van der Waals surface area contributed by atoms with E-state index in [1.165, 1.54) is 16.7 Å². The van der Waals surface area contributed by atoms with Crippen LogP contribution < -0.4 is 4.74 Å². The van der Waals surface area contributed by atoms with Crippen molar-refractivity contribution >= 4 is 0 Å². The summed E-state index contributed by atoms with van der Waals surface area (Å²) in [6.07, 6.45) is 0.697. The Hall–Kier alpha value is -1.80. The Labute approximate surface area is 108 Å². The molecule has 2 aromatic rings. The molecule has 0 aliphatic heterocycles. The molecule has 0 fully saturated rings. The fraction of sp³-hybridized carbons (Fsp3) is 0.250. The molecule has 0 atom stereocenters. The third kappa shape index (κ3) is 2.71. The van der Waals surface area contributed by atoms with Gasteiger partial charge in [-0.1, -0.05) is 30.3 Å². The highest BCUT2D eigenvalue weighted by Crippen LogP contribution is 2.27. The molecule has 0 aromatic heterocycles. The number of aliphatic hydroxyl groups excluding tert-OH is 1. The van der Waals surface area contributed by atoms with Gasteiger partial charge in [-0.05, 0) is 47.7 Å². The Morgan fingerprint density at radius 1 is 1.11 bits per heavy atom. The molecule has 2 heteroatoms. The Bertz CT molecular complexity index is 532. The van der Waals surface area contributed by atoms with Gasteiger partial charge in [0, 0.05) is 6.61 Å². The zero-order valence-electron chi connectivity index (χ0n) is 10.8. The van der Waals surface area contributed by atoms with Crippen LogP contribution in [0.1, 0.15) is 11.1 Å². The molecule has 0 heterocycles. The van der Waals surface area contributed by atoms with Crippen LogP contribution in [0.2, 0.25) is 0 Å². The van der Waals surface area contributed by atoms with Gasteiger partial charge in [0.15, 0.2) is 0 Å². The molecule has 1 N–H and O–H groups in total. The van der Waals surface area contributed by atoms with Crippen molar-refractivity contribution in [3.8, 4) is 16.9 Å². The quantitative estimate of drug-likeness (QED) is 0.892. The van der Waals surface area contributed by atoms with Crippen molar-refractivity contribution in [2.75, 3.05) is 13.7 Å². The summed E-state index contributed by atoms with van der Waals surface area (Å²) in [6, 6.07) is 14.4. The molecular weight excluding hydrogens is 224 g/mol. The van der Waals surface area contributed by atoms with Crippen LogP contribution in [-0.4, -0.2) is 18.8 Å². The molecular formula is C16H18O2. The van der Waals surface area contributed by atoms with Crippen molar-refractivity contribution in [2.45, 2.75) is 13.3 Å². The minimum atomic E-state index is 0.186. The van der Waals surface area contributed by atoms with Crippen LogP contribution in [0, 0.1) is 6.92 Å². The molecule has 2 aromatic carbocycles. The minimum Gasteiger partial charge on any atom is -0.497 e. The number of rotatable bonds is 4. The number of aliphatic hydroxyl groups is 1. The fourth-order valence-electron chi connectivity index (χ4n) is 2.11. The van der Waals surface area contributed by atoms with E-state index in [9.17, 15) is 0 Å². The number of benzene rings is 2. The van der Waals surface area contributed by atoms with E-state index in [4.69, 9.17) is 9.84 Å². The lowest BCUT2D eigenvalue weighted by molar-refractivity contribution is 0.299. The molecule has 18 heavy (non-hydrogen) atoms. The van der Waals surface area contributed by atoms with Gasteiger partial charge in [-0.2, -0.15) is 0 Å². The first-order valence-corrected chi connectivity index (χ1v) is 6.09. The number of hydrogen-bond donors (Lipinski definition) is 1. The van der Waals surface area contributed by atoms with E-state index in [-0.39, 0.29) is 6.61 Å². The van der Waals surface area contributed by atoms with E-state index >= 15 is 0 Å². The molecule has 0 aliphatic rings. The summed E-state index contributed by atoms with van der Waals surface area (Å²) in [7, 11) is 1.68. The van der Waals surface area contributed by atoms with E-state index in [0.29, 0.717) is 6.42 Å². The number of methoxy groups -OCH3 is 1. The van der Waals surface area contributed by atoms with Gasteiger partial charge in [-0.25, -0.2) is 0 Å². The van der Waals surface area contributed by atoms with Gasteiger partial charge in [0.2, 0.25) is 0 Å². The minimum absolute atomic E-state index is 0.186. The van der Waals surface area contributed by atoms with E-state index in [2.05, 4.69) is 25.1 Å². The first-order valence-electron chi connectivity index (χ1n) is 6.09. The van der Waals surface area contributed by atoms with Gasteiger partial charge in [0.05, 0.1) is 7.11 Å². The van der Waals surface area contributed by atoms with Crippen molar-refractivity contribution in [3.05, 3.63) is 53.6 Å². The molecule has 0 saturated carbocycles. The summed E-state index contributed by atoms with van der Waals surface area (Å²) < 4.78 is 5.22. The molecule has 0 unspecified atom stereocenters. The molecule has 0 saturated heterocycles. The maximum Gasteiger partial charge on any atom is 0.119 e. The highest BCUT2D eigenvalue weighted by Gasteiger charge is 2.04. The molecule has 2 nitrogen and oxygen atoms in total. The second-order valence-electron chi connectivity index (χ2n) is 4.35. The molecule has 0 bridgehead atoms. The molecule has 0 amide bonds. The highest BCUT2D eigenvalue weighted by molar-refractivity contribution is 5.68. The Morgan fingerprint density at radius 2 is 1.94 bits per heavy atom. The van der Waals surface area contributed by atoms with E-state index < -0.39 is 0 Å². The average Bonchev–Trinajstić information content (AvgIpc) is 2.39. The predicted octanol–water partition coefficient (Wildman–Crippen LogP) is 3.21. The molecule has 2 rings (SSSR count). The van der Waals surface area contributed by atoms with Gasteiger partial charge in [0.1, 0.15) is 5.75 Å². The zero-order valence-corrected chi connectivity index (χ0v) is 10.8. The Morgan fingerprint density at radius 3 is 2.61 bits per heavy atom. The van der Waals surface area contributed by atoms with E-state index in [1.54, 1.807) is 7.11 Å². The second kappa shape index (κ2) is 5.69. The summed E-state index contributed by atoms with van der Waals surface area (Å²) in [5.74, 6) is 0.878. The largest absolute Gasteiger partial charge is 0.497 e. The van der Waals surface area contributed by atoms with Crippen LogP contribution >= 0.6 is 0 Å². The number of aryl methyl sites for hydroxylation is 1. The van der Waals surface area contributed by atoms with Crippen LogP contribution in [0.4, 0.5) is 0 Å². The monoisotopic (exact) mass is 242 g/mol. The van der Waals surface area contributed by atoms with Crippen LogP contribution in [0.25, 0.3) is 11.1 Å². The summed E-state index contributed by atoms with van der Waals surface area (Å²) in [5.41, 5.74) is 4.73. The SMILES string of the molecule is COc1ccc(-c2cccc(CCO)c2)c(C)c1. The predicted molar refractivity (Wildman–Crippen MR) is 74.0 cm³/mol. The van der Waals surface area contributed by atoms with Gasteiger partial charge >= 0.3 is 0 Å². The third-order valence-corrected chi connectivity index (χ3v) is 3.07. The third-order valence-electron chi connectivity index (χ3n) is 3.07. The van der Waals surface area contributed by atoms with E-state index in [1.807, 2.05) is 24.3 Å². The molecule has 0 aliphatic carbocycles. The van der Waals surface area contributed by atoms with Gasteiger partial charge in [-0.15, -0.1) is 0 Å². The van der Waals surface area contributed by atoms with Crippen molar-refractivity contribution in [1.82, 2.24) is 0 Å². The Kier molecular flexibility index (Phi) is 4.00. The van der Waals surface area contributed by atoms with Crippen LogP contribution in [0.15, 0.2) is 42.5 Å². The van der Waals surface area contributed by atoms with Crippen LogP contribution in [0.5, 0.6) is 5.75 Å². The lowest BCUT2D eigenvalue weighted by Gasteiger charge is -2.09. The average molecular weight is 242 g/mol. The number of ether oxygens (including phenoxy) is 1. The lowest BCUT2D eigenvalue weighted by atomic mass is 9.98. The van der Waals surface area contributed by atoms with Gasteiger partial charge < -0.3 is 9.84 Å². The first-order chi connectivity index (χ1) is 8.74. The lowest BCUT2D eigenvalue weighted by Crippen LogP contribution is -1.92. The summed E-state index contributed by atoms with van der Waals surface area (Å²) >= 11 is 0.